The Morgan fingerprint density at radius 2 is 1.96 bits per heavy atom. The van der Waals surface area contributed by atoms with Crippen LogP contribution in [0.2, 0.25) is 0 Å². The molecular weight excluding hydrogens is 337 g/mol. The highest BCUT2D eigenvalue weighted by Gasteiger charge is 2.32. The molecule has 0 aliphatic carbocycles. The molecule has 0 radical (unpaired) electrons. The Morgan fingerprint density at radius 1 is 1.28 bits per heavy atom. The van der Waals surface area contributed by atoms with Gasteiger partial charge in [-0.25, -0.2) is 4.99 Å². The van der Waals surface area contributed by atoms with Crippen molar-refractivity contribution in [3.05, 3.63) is 58.0 Å². The van der Waals surface area contributed by atoms with Crippen LogP contribution in [0.3, 0.4) is 0 Å². The monoisotopic (exact) mass is 354 g/mol. The molecule has 0 aliphatic heterocycles. The van der Waals surface area contributed by atoms with E-state index in [9.17, 15) is 18.0 Å². The molecular formula is C16H17F3N4O2. The van der Waals surface area contributed by atoms with Crippen LogP contribution in [-0.4, -0.2) is 16.9 Å². The van der Waals surface area contributed by atoms with Gasteiger partial charge in [0.25, 0.3) is 5.56 Å². The summed E-state index contributed by atoms with van der Waals surface area (Å²) >= 11 is 0. The third-order valence-corrected chi connectivity index (χ3v) is 3.43. The number of nitrogens with one attached hydrogen (secondary N) is 1. The number of aliphatic imine (C=N–C) groups is 1. The number of pyridine rings is 1. The fourth-order valence-corrected chi connectivity index (χ4v) is 2.03. The number of guanidine groups is 1. The number of nitrogens with zero attached hydrogens (tertiary/aromatic N) is 2. The number of rotatable bonds is 4. The molecule has 0 bridgehead atoms. The van der Waals surface area contributed by atoms with E-state index in [1.807, 2.05) is 0 Å². The van der Waals surface area contributed by atoms with Gasteiger partial charge in [-0.1, -0.05) is 12.1 Å². The van der Waals surface area contributed by atoms with Crippen LogP contribution in [0.4, 0.5) is 18.9 Å². The van der Waals surface area contributed by atoms with Gasteiger partial charge in [-0.05, 0) is 31.2 Å². The Bertz CT molecular complexity index is 844. The molecule has 134 valence electrons. The SMILES string of the molecule is Cc1ccc(CN=C(N)Nc2ccccc2OC(F)(F)F)c(=O)n1C. The van der Waals surface area contributed by atoms with Crippen LogP contribution in [0.1, 0.15) is 11.3 Å². The maximum absolute atomic E-state index is 12.4. The topological polar surface area (TPSA) is 81.6 Å². The molecule has 0 saturated heterocycles. The van der Waals surface area contributed by atoms with Gasteiger partial charge >= 0.3 is 6.36 Å². The number of nitrogens with two attached hydrogens (primary N) is 1. The molecule has 0 aliphatic rings. The van der Waals surface area contributed by atoms with E-state index >= 15 is 0 Å². The molecule has 0 saturated carbocycles. The molecule has 0 spiro atoms. The van der Waals surface area contributed by atoms with Crippen molar-refractivity contribution >= 4 is 11.6 Å². The molecule has 0 fully saturated rings. The summed E-state index contributed by atoms with van der Waals surface area (Å²) in [5.74, 6) is -0.569. The first kappa shape index (κ1) is 18.4. The summed E-state index contributed by atoms with van der Waals surface area (Å²) < 4.78 is 42.6. The van der Waals surface area contributed by atoms with Gasteiger partial charge in [0, 0.05) is 18.3 Å². The third kappa shape index (κ3) is 5.00. The van der Waals surface area contributed by atoms with Crippen molar-refractivity contribution in [3.8, 4) is 5.75 Å². The minimum absolute atomic E-state index is 0.00587. The van der Waals surface area contributed by atoms with E-state index in [0.29, 0.717) is 5.56 Å². The Labute approximate surface area is 141 Å². The van der Waals surface area contributed by atoms with Crippen molar-refractivity contribution in [2.75, 3.05) is 5.32 Å². The van der Waals surface area contributed by atoms with E-state index in [4.69, 9.17) is 5.73 Å². The zero-order chi connectivity index (χ0) is 18.6. The van der Waals surface area contributed by atoms with E-state index in [1.165, 1.54) is 22.8 Å². The Hall–Kier alpha value is -2.97. The highest BCUT2D eigenvalue weighted by Crippen LogP contribution is 2.29. The number of halogens is 3. The highest BCUT2D eigenvalue weighted by atomic mass is 19.4. The van der Waals surface area contributed by atoms with E-state index < -0.39 is 12.1 Å². The molecule has 2 aromatic rings. The zero-order valence-corrected chi connectivity index (χ0v) is 13.6. The Morgan fingerprint density at radius 3 is 2.64 bits per heavy atom. The molecule has 1 heterocycles. The van der Waals surface area contributed by atoms with Gasteiger partial charge in [0.2, 0.25) is 0 Å². The van der Waals surface area contributed by atoms with Crippen LogP contribution in [0.25, 0.3) is 0 Å². The minimum atomic E-state index is -4.82. The number of para-hydroxylation sites is 2. The first-order chi connectivity index (χ1) is 11.7. The highest BCUT2D eigenvalue weighted by molar-refractivity contribution is 5.93. The van der Waals surface area contributed by atoms with Gasteiger partial charge < -0.3 is 20.4 Å². The third-order valence-electron chi connectivity index (χ3n) is 3.43. The fraction of sp³-hybridized carbons (Fsp3) is 0.250. The van der Waals surface area contributed by atoms with Gasteiger partial charge in [0.1, 0.15) is 0 Å². The van der Waals surface area contributed by atoms with Gasteiger partial charge in [-0.3, -0.25) is 4.79 Å². The molecule has 1 aromatic carbocycles. The zero-order valence-electron chi connectivity index (χ0n) is 13.6. The molecule has 3 N–H and O–H groups in total. The van der Waals surface area contributed by atoms with Crippen molar-refractivity contribution in [2.24, 2.45) is 17.8 Å². The van der Waals surface area contributed by atoms with Crippen molar-refractivity contribution in [1.82, 2.24) is 4.57 Å². The first-order valence-corrected chi connectivity index (χ1v) is 7.24. The predicted octanol–water partition coefficient (Wildman–Crippen LogP) is 2.52. The number of benzene rings is 1. The van der Waals surface area contributed by atoms with Crippen molar-refractivity contribution in [3.63, 3.8) is 0 Å². The summed E-state index contributed by atoms with van der Waals surface area (Å²) in [6.45, 7) is 1.79. The van der Waals surface area contributed by atoms with Crippen LogP contribution in [-0.2, 0) is 13.6 Å². The lowest BCUT2D eigenvalue weighted by Crippen LogP contribution is -2.26. The summed E-state index contributed by atoms with van der Waals surface area (Å²) in [5.41, 5.74) is 6.71. The lowest BCUT2D eigenvalue weighted by atomic mass is 10.2. The second-order valence-electron chi connectivity index (χ2n) is 5.23. The van der Waals surface area contributed by atoms with Gasteiger partial charge in [0.15, 0.2) is 11.7 Å². The maximum Gasteiger partial charge on any atom is 0.573 e. The first-order valence-electron chi connectivity index (χ1n) is 7.24. The number of aryl methyl sites for hydroxylation is 1. The van der Waals surface area contributed by atoms with Crippen LogP contribution in [0.5, 0.6) is 5.75 Å². The van der Waals surface area contributed by atoms with E-state index in [2.05, 4.69) is 15.0 Å². The standard InChI is InChI=1S/C16H17F3N4O2/c1-10-7-8-11(14(24)23(10)2)9-21-15(20)22-12-5-3-4-6-13(12)25-16(17,18)19/h3-8H,9H2,1-2H3,(H3,20,21,22). The largest absolute Gasteiger partial charge is 0.573 e. The number of hydrogen-bond donors (Lipinski definition) is 2. The average Bonchev–Trinajstić information content (AvgIpc) is 2.52. The lowest BCUT2D eigenvalue weighted by molar-refractivity contribution is -0.274. The molecule has 0 atom stereocenters. The summed E-state index contributed by atoms with van der Waals surface area (Å²) in [7, 11) is 1.64. The van der Waals surface area contributed by atoms with E-state index in [-0.39, 0.29) is 23.8 Å². The van der Waals surface area contributed by atoms with Crippen LogP contribution in [0, 0.1) is 6.92 Å². The summed E-state index contributed by atoms with van der Waals surface area (Å²) in [5, 5.41) is 2.54. The lowest BCUT2D eigenvalue weighted by Gasteiger charge is -2.14. The molecule has 0 amide bonds. The van der Waals surface area contributed by atoms with E-state index in [0.717, 1.165) is 11.8 Å². The quantitative estimate of drug-likeness (QED) is 0.653. The van der Waals surface area contributed by atoms with Crippen molar-refractivity contribution in [1.29, 1.82) is 0 Å². The second-order valence-corrected chi connectivity index (χ2v) is 5.23. The average molecular weight is 354 g/mol. The van der Waals surface area contributed by atoms with Crippen LogP contribution < -0.4 is 21.3 Å². The predicted molar refractivity (Wildman–Crippen MR) is 88.5 cm³/mol. The minimum Gasteiger partial charge on any atom is -0.404 e. The summed E-state index contributed by atoms with van der Waals surface area (Å²) in [4.78, 5) is 16.1. The Kier molecular flexibility index (Phi) is 5.35. The van der Waals surface area contributed by atoms with Gasteiger partial charge in [-0.2, -0.15) is 0 Å². The maximum atomic E-state index is 12.4. The van der Waals surface area contributed by atoms with Crippen LogP contribution in [0.15, 0.2) is 46.2 Å². The fourth-order valence-electron chi connectivity index (χ4n) is 2.03. The van der Waals surface area contributed by atoms with Crippen molar-refractivity contribution in [2.45, 2.75) is 19.8 Å². The van der Waals surface area contributed by atoms with E-state index in [1.54, 1.807) is 26.1 Å². The smallest absolute Gasteiger partial charge is 0.404 e. The molecule has 6 nitrogen and oxygen atoms in total. The molecule has 2 rings (SSSR count). The van der Waals surface area contributed by atoms with Gasteiger partial charge in [-0.15, -0.1) is 13.2 Å². The van der Waals surface area contributed by atoms with Crippen molar-refractivity contribution < 1.29 is 17.9 Å². The second kappa shape index (κ2) is 7.29. The normalized spacial score (nSPS) is 12.1. The van der Waals surface area contributed by atoms with Gasteiger partial charge in [0.05, 0.1) is 12.2 Å². The Balaban J connectivity index is 2.15. The number of alkyl halides is 3. The number of anilines is 1. The van der Waals surface area contributed by atoms with Crippen LogP contribution >= 0.6 is 0 Å². The number of hydrogen-bond acceptors (Lipinski definition) is 3. The number of ether oxygens (including phenoxy) is 1. The molecule has 25 heavy (non-hydrogen) atoms. The molecule has 1 aromatic heterocycles. The molecule has 9 heteroatoms. The summed E-state index contributed by atoms with van der Waals surface area (Å²) in [6.07, 6.45) is -4.82. The number of aromatic nitrogens is 1. The molecule has 0 unspecified atom stereocenters. The summed E-state index contributed by atoms with van der Waals surface area (Å²) in [6, 6.07) is 8.84.